The number of nitrogens with two attached hydrogens (primary N) is 1. The summed E-state index contributed by atoms with van der Waals surface area (Å²) >= 11 is 0. The van der Waals surface area contributed by atoms with Gasteiger partial charge in [0.1, 0.15) is 6.04 Å². The molecule has 3 nitrogen and oxygen atoms in total. The second-order valence-corrected chi connectivity index (χ2v) is 6.05. The van der Waals surface area contributed by atoms with Crippen molar-refractivity contribution in [2.45, 2.75) is 51.0 Å². The highest BCUT2D eigenvalue weighted by Gasteiger charge is 2.72. The molecule has 4 rings (SSSR count). The number of rotatable bonds is 3. The van der Waals surface area contributed by atoms with Crippen molar-refractivity contribution in [2.24, 2.45) is 22.5 Å². The number of carboxylic acids is 1. The van der Waals surface area contributed by atoms with Crippen LogP contribution < -0.4 is 5.73 Å². The summed E-state index contributed by atoms with van der Waals surface area (Å²) in [4.78, 5) is 10.9. The highest BCUT2D eigenvalue weighted by molar-refractivity contribution is 5.75. The van der Waals surface area contributed by atoms with E-state index in [4.69, 9.17) is 10.8 Å². The lowest BCUT2D eigenvalue weighted by molar-refractivity contribution is -0.246. The van der Waals surface area contributed by atoms with Crippen molar-refractivity contribution in [3.05, 3.63) is 0 Å². The first kappa shape index (κ1) is 9.64. The fraction of sp³-hybridized carbons (Fsp3) is 0.917. The molecule has 84 valence electrons. The zero-order chi connectivity index (χ0) is 10.7. The fourth-order valence-electron chi connectivity index (χ4n) is 4.51. The topological polar surface area (TPSA) is 63.3 Å². The third-order valence-corrected chi connectivity index (χ3v) is 5.26. The Morgan fingerprint density at radius 3 is 2.27 bits per heavy atom. The average molecular weight is 209 g/mol. The van der Waals surface area contributed by atoms with Gasteiger partial charge in [-0.15, -0.1) is 0 Å². The molecule has 3 heteroatoms. The molecule has 15 heavy (non-hydrogen) atoms. The van der Waals surface area contributed by atoms with Crippen LogP contribution in [0.4, 0.5) is 0 Å². The van der Waals surface area contributed by atoms with E-state index in [1.54, 1.807) is 0 Å². The van der Waals surface area contributed by atoms with Crippen LogP contribution in [-0.4, -0.2) is 17.1 Å². The predicted molar refractivity (Wildman–Crippen MR) is 56.3 cm³/mol. The maximum atomic E-state index is 10.9. The van der Waals surface area contributed by atoms with Gasteiger partial charge < -0.3 is 10.8 Å². The molecule has 3 N–H and O–H groups in total. The van der Waals surface area contributed by atoms with Gasteiger partial charge in [0.25, 0.3) is 0 Å². The van der Waals surface area contributed by atoms with E-state index >= 15 is 0 Å². The smallest absolute Gasteiger partial charge is 0.321 e. The molecule has 0 spiro atoms. The molecule has 2 bridgehead atoms. The first-order valence-corrected chi connectivity index (χ1v) is 6.06. The van der Waals surface area contributed by atoms with Crippen LogP contribution in [0.2, 0.25) is 0 Å². The first-order valence-electron chi connectivity index (χ1n) is 6.06. The molecule has 4 aliphatic rings. The highest BCUT2D eigenvalue weighted by Crippen LogP contribution is 2.78. The summed E-state index contributed by atoms with van der Waals surface area (Å²) in [6, 6.07) is -0.610. The van der Waals surface area contributed by atoms with Crippen molar-refractivity contribution < 1.29 is 9.90 Å². The Kier molecular flexibility index (Phi) is 1.77. The van der Waals surface area contributed by atoms with Gasteiger partial charge >= 0.3 is 5.97 Å². The number of aliphatic carboxylic acids is 1. The Bertz CT molecular complexity index is 287. The summed E-state index contributed by atoms with van der Waals surface area (Å²) in [5.74, 6) is 0.0788. The Morgan fingerprint density at radius 2 is 1.80 bits per heavy atom. The van der Waals surface area contributed by atoms with Crippen LogP contribution in [0.15, 0.2) is 0 Å². The molecule has 0 aromatic carbocycles. The standard InChI is InChI=1S/C12H19NO2/c13-9(10(14)15)12-5-11(6-12,7-12)8-3-1-2-4-8/h8-9H,1-7,13H2,(H,14,15). The minimum atomic E-state index is -0.810. The van der Waals surface area contributed by atoms with Crippen molar-refractivity contribution >= 4 is 5.97 Å². The highest BCUT2D eigenvalue weighted by atomic mass is 16.4. The monoisotopic (exact) mass is 209 g/mol. The lowest BCUT2D eigenvalue weighted by Gasteiger charge is -2.74. The summed E-state index contributed by atoms with van der Waals surface area (Å²) in [7, 11) is 0. The van der Waals surface area contributed by atoms with E-state index in [2.05, 4.69) is 0 Å². The van der Waals surface area contributed by atoms with Crippen LogP contribution in [0, 0.1) is 16.7 Å². The van der Waals surface area contributed by atoms with Crippen molar-refractivity contribution in [2.75, 3.05) is 0 Å². The van der Waals surface area contributed by atoms with Gasteiger partial charge in [-0.2, -0.15) is 0 Å². The first-order chi connectivity index (χ1) is 7.08. The molecule has 4 aliphatic carbocycles. The molecule has 4 saturated carbocycles. The summed E-state index contributed by atoms with van der Waals surface area (Å²) in [6.07, 6.45) is 8.79. The molecule has 1 unspecified atom stereocenters. The number of carbonyl (C=O) groups is 1. The van der Waals surface area contributed by atoms with Crippen molar-refractivity contribution in [3.63, 3.8) is 0 Å². The molecule has 0 saturated heterocycles. The van der Waals surface area contributed by atoms with Gasteiger partial charge in [0.2, 0.25) is 0 Å². The molecule has 0 aromatic rings. The molecule has 0 aromatic heterocycles. The quantitative estimate of drug-likeness (QED) is 0.744. The third kappa shape index (κ3) is 1.07. The molecular weight excluding hydrogens is 190 g/mol. The summed E-state index contributed by atoms with van der Waals surface area (Å²) in [6.45, 7) is 0. The molecule has 4 fully saturated rings. The van der Waals surface area contributed by atoms with Gasteiger partial charge in [-0.05, 0) is 48.9 Å². The SMILES string of the molecule is NC(C(=O)O)C12CC(C3CCCC3)(C1)C2. The summed E-state index contributed by atoms with van der Waals surface area (Å²) < 4.78 is 0. The van der Waals surface area contributed by atoms with E-state index in [1.807, 2.05) is 0 Å². The minimum absolute atomic E-state index is 0.00553. The molecule has 0 heterocycles. The normalized spacial score (nSPS) is 45.7. The Hall–Kier alpha value is -0.570. The maximum absolute atomic E-state index is 10.9. The van der Waals surface area contributed by atoms with Gasteiger partial charge in [0.05, 0.1) is 0 Å². The average Bonchev–Trinajstić information content (AvgIpc) is 2.51. The van der Waals surface area contributed by atoms with Gasteiger partial charge in [0.15, 0.2) is 0 Å². The van der Waals surface area contributed by atoms with E-state index in [0.717, 1.165) is 25.2 Å². The van der Waals surface area contributed by atoms with Crippen molar-refractivity contribution in [1.82, 2.24) is 0 Å². The number of hydrogen-bond acceptors (Lipinski definition) is 2. The van der Waals surface area contributed by atoms with E-state index in [-0.39, 0.29) is 5.41 Å². The minimum Gasteiger partial charge on any atom is -0.480 e. The third-order valence-electron chi connectivity index (χ3n) is 5.26. The molecular formula is C12H19NO2. The van der Waals surface area contributed by atoms with Crippen LogP contribution in [-0.2, 0) is 4.79 Å². The van der Waals surface area contributed by atoms with Crippen LogP contribution in [0.1, 0.15) is 44.9 Å². The van der Waals surface area contributed by atoms with E-state index in [0.29, 0.717) is 5.41 Å². The van der Waals surface area contributed by atoms with E-state index in [1.165, 1.54) is 25.7 Å². The number of carboxylic acid groups (broad SMARTS) is 1. The van der Waals surface area contributed by atoms with Crippen molar-refractivity contribution in [1.29, 1.82) is 0 Å². The van der Waals surface area contributed by atoms with Gasteiger partial charge in [-0.25, -0.2) is 0 Å². The van der Waals surface area contributed by atoms with Crippen LogP contribution in [0.25, 0.3) is 0 Å². The maximum Gasteiger partial charge on any atom is 0.321 e. The summed E-state index contributed by atoms with van der Waals surface area (Å²) in [5.41, 5.74) is 6.28. The van der Waals surface area contributed by atoms with Crippen molar-refractivity contribution in [3.8, 4) is 0 Å². The Morgan fingerprint density at radius 1 is 1.27 bits per heavy atom. The van der Waals surface area contributed by atoms with Crippen LogP contribution in [0.5, 0.6) is 0 Å². The van der Waals surface area contributed by atoms with Crippen LogP contribution in [0.3, 0.4) is 0 Å². The van der Waals surface area contributed by atoms with Gasteiger partial charge in [-0.1, -0.05) is 12.8 Å². The Labute approximate surface area is 90.0 Å². The van der Waals surface area contributed by atoms with Crippen LogP contribution >= 0.6 is 0 Å². The molecule has 0 amide bonds. The van der Waals surface area contributed by atoms with Gasteiger partial charge in [0, 0.05) is 0 Å². The second-order valence-electron chi connectivity index (χ2n) is 6.05. The predicted octanol–water partition coefficient (Wildman–Crippen LogP) is 1.76. The zero-order valence-electron chi connectivity index (χ0n) is 9.04. The van der Waals surface area contributed by atoms with E-state index < -0.39 is 12.0 Å². The molecule has 1 atom stereocenters. The lowest BCUT2D eigenvalue weighted by atomic mass is 9.30. The molecule has 0 aliphatic heterocycles. The van der Waals surface area contributed by atoms with E-state index in [9.17, 15) is 4.79 Å². The fourth-order valence-corrected chi connectivity index (χ4v) is 4.51. The number of hydrogen-bond donors (Lipinski definition) is 2. The second kappa shape index (κ2) is 2.76. The summed E-state index contributed by atoms with van der Waals surface area (Å²) in [5, 5.41) is 8.93. The zero-order valence-corrected chi connectivity index (χ0v) is 9.04. The Balaban J connectivity index is 1.65. The largest absolute Gasteiger partial charge is 0.480 e. The van der Waals surface area contributed by atoms with Gasteiger partial charge in [-0.3, -0.25) is 4.79 Å². The molecule has 0 radical (unpaired) electrons. The lowest BCUT2D eigenvalue weighted by Crippen LogP contribution is -2.72.